The van der Waals surface area contributed by atoms with Crippen LogP contribution in [0.1, 0.15) is 69.4 Å². The number of nitrogens with zero attached hydrogens (tertiary/aromatic N) is 1. The Morgan fingerprint density at radius 1 is 0.705 bits per heavy atom. The zero-order valence-electron chi connectivity index (χ0n) is 26.3. The number of benzene rings is 3. The number of amides is 2. The van der Waals surface area contributed by atoms with Crippen LogP contribution in [0.3, 0.4) is 0 Å². The fourth-order valence-corrected chi connectivity index (χ4v) is 7.41. The van der Waals surface area contributed by atoms with Crippen LogP contribution in [0.25, 0.3) is 0 Å². The fourth-order valence-electron chi connectivity index (χ4n) is 5.20. The van der Waals surface area contributed by atoms with Gasteiger partial charge in [-0.2, -0.15) is 0 Å². The van der Waals surface area contributed by atoms with Crippen LogP contribution in [-0.2, 0) is 54.7 Å². The van der Waals surface area contributed by atoms with Crippen LogP contribution in [0, 0.1) is 0 Å². The summed E-state index contributed by atoms with van der Waals surface area (Å²) in [5, 5.41) is 0. The second-order valence-electron chi connectivity index (χ2n) is 13.5. The minimum absolute atomic E-state index is 0.0233. The first-order chi connectivity index (χ1) is 20.3. The number of hydrogen-bond donors (Lipinski definition) is 1. The Bertz CT molecular complexity index is 1750. The van der Waals surface area contributed by atoms with Gasteiger partial charge in [-0.05, 0) is 75.8 Å². The number of hydrogen-bond acceptors (Lipinski definition) is 6. The van der Waals surface area contributed by atoms with Gasteiger partial charge in [0, 0.05) is 19.5 Å². The van der Waals surface area contributed by atoms with E-state index in [1.165, 1.54) is 17.0 Å². The number of carbonyl (C=O) groups excluding carboxylic acids is 2. The van der Waals surface area contributed by atoms with Crippen LogP contribution in [0.4, 0.5) is 4.79 Å². The lowest BCUT2D eigenvalue weighted by Crippen LogP contribution is -2.43. The SMILES string of the molecule is CC(C)(C)c1ccc(S(=O)(=O)CC(=O)Cc2ccc3c(c2)CCN(C(=O)NS(=O)(=O)c2ccc(C(C)(C)C)cc2)CC3)cc1. The van der Waals surface area contributed by atoms with E-state index in [-0.39, 0.29) is 27.0 Å². The summed E-state index contributed by atoms with van der Waals surface area (Å²) in [6, 6.07) is 18.1. The molecule has 10 heteroatoms. The van der Waals surface area contributed by atoms with Crippen LogP contribution >= 0.6 is 0 Å². The number of sulfonamides is 1. The lowest BCUT2D eigenvalue weighted by atomic mass is 9.87. The van der Waals surface area contributed by atoms with Crippen molar-refractivity contribution in [2.45, 2.75) is 81.4 Å². The summed E-state index contributed by atoms with van der Waals surface area (Å²) in [7, 11) is -7.82. The zero-order valence-corrected chi connectivity index (χ0v) is 27.9. The maximum atomic E-state index is 13.0. The summed E-state index contributed by atoms with van der Waals surface area (Å²) in [4.78, 5) is 27.4. The number of Topliss-reactive ketones (excluding diaryl/α,β-unsaturated/α-hetero) is 1. The molecule has 1 aliphatic rings. The van der Waals surface area contributed by atoms with Gasteiger partial charge in [0.2, 0.25) is 0 Å². The molecular weight excluding hydrogens is 597 g/mol. The minimum Gasteiger partial charge on any atom is -0.323 e. The van der Waals surface area contributed by atoms with Crippen molar-refractivity contribution in [2.75, 3.05) is 18.8 Å². The first kappa shape index (κ1) is 33.4. The summed E-state index contributed by atoms with van der Waals surface area (Å²) in [6.45, 7) is 12.9. The van der Waals surface area contributed by atoms with Crippen molar-refractivity contribution in [3.8, 4) is 0 Å². The first-order valence-corrected chi connectivity index (χ1v) is 17.9. The molecule has 0 bridgehead atoms. The molecule has 1 aliphatic heterocycles. The molecule has 1 N–H and O–H groups in total. The predicted molar refractivity (Wildman–Crippen MR) is 172 cm³/mol. The topological polar surface area (TPSA) is 118 Å². The molecular formula is C34H42N2O6S2. The van der Waals surface area contributed by atoms with Crippen molar-refractivity contribution < 1.29 is 26.4 Å². The normalized spacial score (nSPS) is 14.5. The number of fused-ring (bicyclic) bond motifs is 1. The number of rotatable bonds is 7. The molecule has 3 aromatic rings. The summed E-state index contributed by atoms with van der Waals surface area (Å²) < 4.78 is 53.8. The molecule has 3 aromatic carbocycles. The largest absolute Gasteiger partial charge is 0.331 e. The Hall–Kier alpha value is -3.50. The predicted octanol–water partition coefficient (Wildman–Crippen LogP) is 5.37. The monoisotopic (exact) mass is 638 g/mol. The average molecular weight is 639 g/mol. The lowest BCUT2D eigenvalue weighted by molar-refractivity contribution is -0.116. The van der Waals surface area contributed by atoms with Gasteiger partial charge in [-0.15, -0.1) is 0 Å². The maximum absolute atomic E-state index is 13.0. The van der Waals surface area contributed by atoms with E-state index in [4.69, 9.17) is 0 Å². The standard InChI is InChI=1S/C34H42N2O6S2/c1-33(2,3)27-9-13-30(14-10-27)43(39,40)23-29(37)22-24-7-8-25-17-19-36(20-18-26(25)21-24)32(38)35-44(41,42)31-15-11-28(12-16-31)34(4,5)6/h7-16,21H,17-20,22-23H2,1-6H3,(H,35,38). The summed E-state index contributed by atoms with van der Waals surface area (Å²) >= 11 is 0. The highest BCUT2D eigenvalue weighted by Gasteiger charge is 2.26. The van der Waals surface area contributed by atoms with Crippen molar-refractivity contribution >= 4 is 31.7 Å². The van der Waals surface area contributed by atoms with E-state index >= 15 is 0 Å². The van der Waals surface area contributed by atoms with Crippen molar-refractivity contribution in [1.29, 1.82) is 0 Å². The summed E-state index contributed by atoms with van der Waals surface area (Å²) in [5.41, 5.74) is 4.41. The highest BCUT2D eigenvalue weighted by Crippen LogP contribution is 2.25. The van der Waals surface area contributed by atoms with Gasteiger partial charge in [0.1, 0.15) is 5.75 Å². The Morgan fingerprint density at radius 3 is 1.73 bits per heavy atom. The van der Waals surface area contributed by atoms with E-state index in [9.17, 15) is 26.4 Å². The van der Waals surface area contributed by atoms with Crippen LogP contribution < -0.4 is 4.72 Å². The molecule has 0 saturated carbocycles. The van der Waals surface area contributed by atoms with E-state index in [0.717, 1.165) is 22.3 Å². The molecule has 4 rings (SSSR count). The Kier molecular flexibility index (Phi) is 9.47. The number of ketones is 1. The van der Waals surface area contributed by atoms with E-state index in [1.807, 2.05) is 59.7 Å². The molecule has 0 saturated heterocycles. The molecule has 2 amide bonds. The lowest BCUT2D eigenvalue weighted by Gasteiger charge is -2.21. The Morgan fingerprint density at radius 2 is 1.20 bits per heavy atom. The van der Waals surface area contributed by atoms with Gasteiger partial charge in [0.15, 0.2) is 15.6 Å². The third kappa shape index (κ3) is 8.15. The van der Waals surface area contributed by atoms with Crippen LogP contribution in [0.2, 0.25) is 0 Å². The second kappa shape index (κ2) is 12.5. The maximum Gasteiger partial charge on any atom is 0.331 e. The van der Waals surface area contributed by atoms with Crippen LogP contribution in [0.15, 0.2) is 76.5 Å². The van der Waals surface area contributed by atoms with Gasteiger partial charge >= 0.3 is 6.03 Å². The van der Waals surface area contributed by atoms with Crippen molar-refractivity contribution in [3.63, 3.8) is 0 Å². The van der Waals surface area contributed by atoms with Crippen molar-refractivity contribution in [1.82, 2.24) is 9.62 Å². The Balaban J connectivity index is 1.37. The molecule has 0 spiro atoms. The molecule has 44 heavy (non-hydrogen) atoms. The van der Waals surface area contributed by atoms with Gasteiger partial charge in [-0.3, -0.25) is 4.79 Å². The van der Waals surface area contributed by atoms with E-state index in [1.54, 1.807) is 36.4 Å². The van der Waals surface area contributed by atoms with Crippen LogP contribution in [-0.4, -0.2) is 52.4 Å². The summed E-state index contributed by atoms with van der Waals surface area (Å²) in [5.74, 6) is -0.986. The number of carbonyl (C=O) groups is 2. The van der Waals surface area contributed by atoms with Crippen molar-refractivity contribution in [2.24, 2.45) is 0 Å². The quantitative estimate of drug-likeness (QED) is 0.372. The Labute approximate surface area is 261 Å². The smallest absolute Gasteiger partial charge is 0.323 e. The van der Waals surface area contributed by atoms with Gasteiger partial charge < -0.3 is 4.90 Å². The van der Waals surface area contributed by atoms with Crippen molar-refractivity contribution in [3.05, 3.63) is 94.5 Å². The third-order valence-electron chi connectivity index (χ3n) is 7.94. The molecule has 0 unspecified atom stereocenters. The molecule has 0 fully saturated rings. The first-order valence-electron chi connectivity index (χ1n) is 14.7. The molecule has 0 radical (unpaired) electrons. The van der Waals surface area contributed by atoms with Crippen LogP contribution in [0.5, 0.6) is 0 Å². The van der Waals surface area contributed by atoms with Gasteiger partial charge in [0.05, 0.1) is 9.79 Å². The molecule has 0 aromatic heterocycles. The summed E-state index contributed by atoms with van der Waals surface area (Å²) in [6.07, 6.45) is 0.975. The molecule has 8 nitrogen and oxygen atoms in total. The minimum atomic E-state index is -4.04. The average Bonchev–Trinajstić information content (AvgIpc) is 3.14. The number of urea groups is 1. The molecule has 236 valence electrons. The van der Waals surface area contributed by atoms with E-state index < -0.39 is 37.4 Å². The third-order valence-corrected chi connectivity index (χ3v) is 11.0. The van der Waals surface area contributed by atoms with E-state index in [2.05, 4.69) is 4.72 Å². The van der Waals surface area contributed by atoms with Gasteiger partial charge in [-0.1, -0.05) is 84.0 Å². The number of sulfone groups is 1. The highest BCUT2D eigenvalue weighted by atomic mass is 32.2. The van der Waals surface area contributed by atoms with Gasteiger partial charge in [0.25, 0.3) is 10.0 Å². The second-order valence-corrected chi connectivity index (χ2v) is 17.2. The molecule has 1 heterocycles. The van der Waals surface area contributed by atoms with Gasteiger partial charge in [-0.25, -0.2) is 26.4 Å². The molecule has 0 aliphatic carbocycles. The number of nitrogens with one attached hydrogen (secondary N) is 1. The molecule has 0 atom stereocenters. The zero-order chi connectivity index (χ0) is 32.5. The highest BCUT2D eigenvalue weighted by molar-refractivity contribution is 7.92. The fraction of sp³-hybridized carbons (Fsp3) is 0.412. The van der Waals surface area contributed by atoms with E-state index in [0.29, 0.717) is 31.5 Å².